The van der Waals surface area contributed by atoms with Gasteiger partial charge in [0.1, 0.15) is 5.56 Å². The maximum Gasteiger partial charge on any atom is 0.342 e. The summed E-state index contributed by atoms with van der Waals surface area (Å²) in [6.07, 6.45) is 0. The molecule has 8 heteroatoms. The molecule has 0 aliphatic heterocycles. The summed E-state index contributed by atoms with van der Waals surface area (Å²) in [6.45, 7) is 2.07. The first kappa shape index (κ1) is 13.5. The molecule has 1 aromatic heterocycles. The fraction of sp³-hybridized carbons (Fsp3) is 0.167. The number of carboxylic acids is 1. The van der Waals surface area contributed by atoms with Crippen LogP contribution in [0.25, 0.3) is 0 Å². The van der Waals surface area contributed by atoms with E-state index >= 15 is 0 Å². The van der Waals surface area contributed by atoms with Crippen LogP contribution in [0, 0.1) is 17.0 Å². The second kappa shape index (κ2) is 5.39. The predicted octanol–water partition coefficient (Wildman–Crippen LogP) is 2.20. The summed E-state index contributed by atoms with van der Waals surface area (Å²) in [4.78, 5) is 21.0. The highest BCUT2D eigenvalue weighted by Gasteiger charge is 2.20. The molecule has 20 heavy (non-hydrogen) atoms. The second-order valence-electron chi connectivity index (χ2n) is 4.08. The third kappa shape index (κ3) is 2.91. The van der Waals surface area contributed by atoms with E-state index in [0.717, 1.165) is 5.69 Å². The molecule has 0 saturated carbocycles. The summed E-state index contributed by atoms with van der Waals surface area (Å²) in [5.41, 5.74) is 0.345. The molecule has 0 saturated heterocycles. The quantitative estimate of drug-likeness (QED) is 0.635. The van der Waals surface area contributed by atoms with Crippen molar-refractivity contribution in [1.82, 2.24) is 5.16 Å². The average molecular weight is 277 g/mol. The molecule has 0 unspecified atom stereocenters. The molecule has 104 valence electrons. The fourth-order valence-electron chi connectivity index (χ4n) is 1.66. The number of anilines is 1. The first-order valence-corrected chi connectivity index (χ1v) is 5.65. The van der Waals surface area contributed by atoms with Crippen LogP contribution in [0.5, 0.6) is 0 Å². The Morgan fingerprint density at radius 3 is 2.80 bits per heavy atom. The Labute approximate surface area is 113 Å². The van der Waals surface area contributed by atoms with Crippen molar-refractivity contribution in [2.75, 3.05) is 5.32 Å². The van der Waals surface area contributed by atoms with Gasteiger partial charge < -0.3 is 14.9 Å². The molecule has 0 radical (unpaired) electrons. The van der Waals surface area contributed by atoms with Crippen molar-refractivity contribution in [2.24, 2.45) is 0 Å². The number of hydrogen-bond donors (Lipinski definition) is 2. The maximum absolute atomic E-state index is 10.9. The molecule has 0 spiro atoms. The standard InChI is InChI=1S/C12H11N3O5/c1-7-4-9(20-14-7)6-13-8-2-3-10(12(16)17)11(5-8)15(18)19/h2-5,13H,6H2,1H3,(H,16,17). The smallest absolute Gasteiger partial charge is 0.342 e. The minimum absolute atomic E-state index is 0.296. The molecule has 1 heterocycles. The lowest BCUT2D eigenvalue weighted by molar-refractivity contribution is -0.385. The number of aromatic nitrogens is 1. The number of nitrogens with one attached hydrogen (secondary N) is 1. The van der Waals surface area contributed by atoms with Gasteiger partial charge >= 0.3 is 5.97 Å². The van der Waals surface area contributed by atoms with E-state index in [0.29, 0.717) is 18.0 Å². The van der Waals surface area contributed by atoms with Crippen molar-refractivity contribution in [3.63, 3.8) is 0 Å². The molecule has 0 bridgehead atoms. The molecular formula is C12H11N3O5. The highest BCUT2D eigenvalue weighted by molar-refractivity contribution is 5.93. The number of hydrogen-bond acceptors (Lipinski definition) is 6. The molecule has 0 amide bonds. The molecule has 2 aromatic rings. The number of aryl methyl sites for hydroxylation is 1. The predicted molar refractivity (Wildman–Crippen MR) is 68.6 cm³/mol. The Kier molecular flexibility index (Phi) is 3.65. The van der Waals surface area contributed by atoms with Crippen molar-refractivity contribution in [3.8, 4) is 0 Å². The Balaban J connectivity index is 2.18. The Bertz CT molecular complexity index is 665. The molecule has 0 atom stereocenters. The Morgan fingerprint density at radius 2 is 2.25 bits per heavy atom. The molecule has 2 N–H and O–H groups in total. The SMILES string of the molecule is Cc1cc(CNc2ccc(C(=O)O)c([N+](=O)[O-])c2)on1. The molecule has 0 aliphatic carbocycles. The van der Waals surface area contributed by atoms with Crippen LogP contribution in [0.3, 0.4) is 0 Å². The summed E-state index contributed by atoms with van der Waals surface area (Å²) >= 11 is 0. The number of carbonyl (C=O) groups is 1. The van der Waals surface area contributed by atoms with Crippen LogP contribution in [0.1, 0.15) is 21.8 Å². The largest absolute Gasteiger partial charge is 0.477 e. The normalized spacial score (nSPS) is 10.2. The van der Waals surface area contributed by atoms with Gasteiger partial charge in [0.25, 0.3) is 5.69 Å². The third-order valence-corrected chi connectivity index (χ3v) is 2.57. The van der Waals surface area contributed by atoms with Gasteiger partial charge in [-0.2, -0.15) is 0 Å². The summed E-state index contributed by atoms with van der Waals surface area (Å²) in [5, 5.41) is 26.3. The number of aromatic carboxylic acids is 1. The minimum Gasteiger partial charge on any atom is -0.477 e. The average Bonchev–Trinajstić information content (AvgIpc) is 2.81. The van der Waals surface area contributed by atoms with Crippen LogP contribution in [0.15, 0.2) is 28.8 Å². The van der Waals surface area contributed by atoms with Crippen molar-refractivity contribution in [2.45, 2.75) is 13.5 Å². The summed E-state index contributed by atoms with van der Waals surface area (Å²) < 4.78 is 4.99. The summed E-state index contributed by atoms with van der Waals surface area (Å²) in [5.74, 6) is -0.762. The second-order valence-corrected chi connectivity index (χ2v) is 4.08. The highest BCUT2D eigenvalue weighted by Crippen LogP contribution is 2.23. The van der Waals surface area contributed by atoms with E-state index in [1.54, 1.807) is 13.0 Å². The first-order chi connectivity index (χ1) is 9.47. The van der Waals surface area contributed by atoms with Crippen LogP contribution in [-0.4, -0.2) is 21.2 Å². The zero-order valence-electron chi connectivity index (χ0n) is 10.5. The molecular weight excluding hydrogens is 266 g/mol. The van der Waals surface area contributed by atoms with Gasteiger partial charge in [-0.05, 0) is 19.1 Å². The van der Waals surface area contributed by atoms with Gasteiger partial charge in [0.15, 0.2) is 5.76 Å². The summed E-state index contributed by atoms with van der Waals surface area (Å²) in [6, 6.07) is 5.55. The molecule has 2 rings (SSSR count). The van der Waals surface area contributed by atoms with Crippen molar-refractivity contribution in [3.05, 3.63) is 51.4 Å². The zero-order chi connectivity index (χ0) is 14.7. The Morgan fingerprint density at radius 1 is 1.50 bits per heavy atom. The van der Waals surface area contributed by atoms with Crippen molar-refractivity contribution < 1.29 is 19.3 Å². The number of carboxylic acid groups (broad SMARTS) is 1. The van der Waals surface area contributed by atoms with Gasteiger partial charge in [0.05, 0.1) is 17.2 Å². The number of nitrogens with zero attached hydrogens (tertiary/aromatic N) is 2. The van der Waals surface area contributed by atoms with Crippen LogP contribution in [0.2, 0.25) is 0 Å². The van der Waals surface area contributed by atoms with Crippen molar-refractivity contribution in [1.29, 1.82) is 0 Å². The van der Waals surface area contributed by atoms with E-state index in [4.69, 9.17) is 9.63 Å². The van der Waals surface area contributed by atoms with E-state index in [-0.39, 0.29) is 5.56 Å². The third-order valence-electron chi connectivity index (χ3n) is 2.57. The van der Waals surface area contributed by atoms with Gasteiger partial charge in [-0.3, -0.25) is 10.1 Å². The van der Waals surface area contributed by atoms with Gasteiger partial charge in [0.2, 0.25) is 0 Å². The van der Waals surface area contributed by atoms with Crippen LogP contribution >= 0.6 is 0 Å². The molecule has 8 nitrogen and oxygen atoms in total. The fourth-order valence-corrected chi connectivity index (χ4v) is 1.66. The lowest BCUT2D eigenvalue weighted by Crippen LogP contribution is -2.04. The van der Waals surface area contributed by atoms with Crippen LogP contribution < -0.4 is 5.32 Å². The highest BCUT2D eigenvalue weighted by atomic mass is 16.6. The van der Waals surface area contributed by atoms with Gasteiger partial charge in [0, 0.05) is 17.8 Å². The van der Waals surface area contributed by atoms with E-state index in [1.165, 1.54) is 18.2 Å². The first-order valence-electron chi connectivity index (χ1n) is 5.65. The van der Waals surface area contributed by atoms with Gasteiger partial charge in [-0.15, -0.1) is 0 Å². The van der Waals surface area contributed by atoms with Crippen LogP contribution in [-0.2, 0) is 6.54 Å². The maximum atomic E-state index is 10.9. The zero-order valence-corrected chi connectivity index (χ0v) is 10.5. The van der Waals surface area contributed by atoms with Gasteiger partial charge in [-0.1, -0.05) is 5.16 Å². The summed E-state index contributed by atoms with van der Waals surface area (Å²) in [7, 11) is 0. The van der Waals surface area contributed by atoms with E-state index < -0.39 is 16.6 Å². The lowest BCUT2D eigenvalue weighted by atomic mass is 10.1. The molecule has 1 aromatic carbocycles. The van der Waals surface area contributed by atoms with E-state index in [9.17, 15) is 14.9 Å². The number of rotatable bonds is 5. The topological polar surface area (TPSA) is 118 Å². The van der Waals surface area contributed by atoms with E-state index in [2.05, 4.69) is 10.5 Å². The number of nitro benzene ring substituents is 1. The van der Waals surface area contributed by atoms with E-state index in [1.807, 2.05) is 0 Å². The molecule has 0 fully saturated rings. The number of benzene rings is 1. The monoisotopic (exact) mass is 277 g/mol. The minimum atomic E-state index is -1.34. The van der Waals surface area contributed by atoms with Crippen LogP contribution in [0.4, 0.5) is 11.4 Å². The van der Waals surface area contributed by atoms with Crippen molar-refractivity contribution >= 4 is 17.3 Å². The lowest BCUT2D eigenvalue weighted by Gasteiger charge is -2.05. The Hall–Kier alpha value is -2.90. The molecule has 0 aliphatic rings. The number of nitro groups is 1. The van der Waals surface area contributed by atoms with Gasteiger partial charge in [-0.25, -0.2) is 4.79 Å².